The summed E-state index contributed by atoms with van der Waals surface area (Å²) in [7, 11) is 0. The third-order valence-electron chi connectivity index (χ3n) is 5.35. The van der Waals surface area contributed by atoms with Crippen LogP contribution in [0.4, 0.5) is 0 Å². The zero-order chi connectivity index (χ0) is 16.4. The molecule has 2 fully saturated rings. The van der Waals surface area contributed by atoms with Crippen LogP contribution in [-0.2, 0) is 11.3 Å². The van der Waals surface area contributed by atoms with E-state index in [2.05, 4.69) is 26.3 Å². The van der Waals surface area contributed by atoms with Crippen LogP contribution >= 0.6 is 0 Å². The van der Waals surface area contributed by atoms with Gasteiger partial charge in [0.15, 0.2) is 0 Å². The predicted octanol–water partition coefficient (Wildman–Crippen LogP) is 2.11. The van der Waals surface area contributed by atoms with E-state index < -0.39 is 0 Å². The molecule has 24 heavy (non-hydrogen) atoms. The molecule has 0 radical (unpaired) electrons. The van der Waals surface area contributed by atoms with Crippen molar-refractivity contribution < 1.29 is 4.79 Å². The average molecular weight is 322 g/mol. The highest BCUT2D eigenvalue weighted by atomic mass is 16.2. The molecule has 5 heteroatoms. The van der Waals surface area contributed by atoms with Crippen molar-refractivity contribution in [2.75, 3.05) is 13.1 Å². The van der Waals surface area contributed by atoms with Gasteiger partial charge in [-0.3, -0.25) is 19.7 Å². The van der Waals surface area contributed by atoms with Crippen LogP contribution in [0.25, 0.3) is 0 Å². The minimum atomic E-state index is -0.0313. The third kappa shape index (κ3) is 3.04. The minimum absolute atomic E-state index is 0.0297. The molecule has 1 atom stereocenters. The quantitative estimate of drug-likeness (QED) is 0.940. The summed E-state index contributed by atoms with van der Waals surface area (Å²) < 4.78 is 0. The number of likely N-dealkylation sites (tertiary alicyclic amines) is 1. The first-order chi connectivity index (χ1) is 11.7. The lowest BCUT2D eigenvalue weighted by Gasteiger charge is -2.39. The Hall–Kier alpha value is -2.27. The van der Waals surface area contributed by atoms with E-state index in [0.717, 1.165) is 44.5 Å². The number of nitrogens with zero attached hydrogens (tertiary/aromatic N) is 3. The van der Waals surface area contributed by atoms with E-state index in [-0.39, 0.29) is 17.4 Å². The van der Waals surface area contributed by atoms with Gasteiger partial charge < -0.3 is 5.32 Å². The van der Waals surface area contributed by atoms with Crippen LogP contribution in [0.1, 0.15) is 36.3 Å². The summed E-state index contributed by atoms with van der Waals surface area (Å²) >= 11 is 0. The molecule has 4 rings (SSSR count). The van der Waals surface area contributed by atoms with Crippen molar-refractivity contribution in [2.45, 2.75) is 37.3 Å². The second-order valence-electron chi connectivity index (χ2n) is 6.94. The van der Waals surface area contributed by atoms with Crippen LogP contribution in [0.2, 0.25) is 0 Å². The Bertz CT molecular complexity index is 696. The molecular formula is C19H22N4O. The van der Waals surface area contributed by atoms with Gasteiger partial charge in [0.05, 0.1) is 5.92 Å². The van der Waals surface area contributed by atoms with Gasteiger partial charge in [0, 0.05) is 50.0 Å². The maximum Gasteiger partial charge on any atom is 0.228 e. The molecule has 0 saturated carbocycles. The van der Waals surface area contributed by atoms with E-state index in [4.69, 9.17) is 0 Å². The monoisotopic (exact) mass is 322 g/mol. The number of rotatable bonds is 3. The van der Waals surface area contributed by atoms with E-state index in [1.165, 1.54) is 5.56 Å². The van der Waals surface area contributed by atoms with Gasteiger partial charge in [-0.1, -0.05) is 6.07 Å². The zero-order valence-corrected chi connectivity index (χ0v) is 13.7. The standard InChI is InChI=1S/C19H22N4O/c24-18-17(16-3-8-20-9-4-16)12-19(22-18)5-10-23(11-6-19)14-15-2-1-7-21-13-15/h1-4,7-9,13,17H,5-6,10-12,14H2,(H,22,24)/t17-/m1/s1. The van der Waals surface area contributed by atoms with E-state index in [1.807, 2.05) is 30.6 Å². The van der Waals surface area contributed by atoms with Gasteiger partial charge in [0.1, 0.15) is 0 Å². The van der Waals surface area contributed by atoms with Crippen LogP contribution in [0.15, 0.2) is 49.1 Å². The number of pyridine rings is 2. The van der Waals surface area contributed by atoms with E-state index in [0.29, 0.717) is 0 Å². The smallest absolute Gasteiger partial charge is 0.228 e. The molecule has 1 amide bonds. The molecule has 2 saturated heterocycles. The summed E-state index contributed by atoms with van der Waals surface area (Å²) in [6.45, 7) is 2.96. The van der Waals surface area contributed by atoms with Crippen LogP contribution in [0.5, 0.6) is 0 Å². The number of carbonyl (C=O) groups is 1. The van der Waals surface area contributed by atoms with Crippen molar-refractivity contribution in [3.63, 3.8) is 0 Å². The van der Waals surface area contributed by atoms with E-state index in [9.17, 15) is 4.79 Å². The highest BCUT2D eigenvalue weighted by Gasteiger charge is 2.46. The Morgan fingerprint density at radius 3 is 2.62 bits per heavy atom. The molecule has 0 aromatic carbocycles. The Morgan fingerprint density at radius 1 is 1.12 bits per heavy atom. The number of aromatic nitrogens is 2. The molecule has 0 unspecified atom stereocenters. The van der Waals surface area contributed by atoms with Crippen LogP contribution < -0.4 is 5.32 Å². The predicted molar refractivity (Wildman–Crippen MR) is 91.2 cm³/mol. The summed E-state index contributed by atoms with van der Waals surface area (Å²) in [4.78, 5) is 23.2. The molecule has 5 nitrogen and oxygen atoms in total. The van der Waals surface area contributed by atoms with Crippen LogP contribution in [-0.4, -0.2) is 39.4 Å². The van der Waals surface area contributed by atoms with Gasteiger partial charge in [-0.15, -0.1) is 0 Å². The molecule has 2 aliphatic heterocycles. The summed E-state index contributed by atoms with van der Waals surface area (Å²) in [6.07, 6.45) is 10.2. The van der Waals surface area contributed by atoms with Crippen molar-refractivity contribution in [3.8, 4) is 0 Å². The number of amides is 1. The minimum Gasteiger partial charge on any atom is -0.350 e. The summed E-state index contributed by atoms with van der Waals surface area (Å²) in [5, 5.41) is 3.30. The van der Waals surface area contributed by atoms with E-state index >= 15 is 0 Å². The lowest BCUT2D eigenvalue weighted by Crippen LogP contribution is -2.50. The Morgan fingerprint density at radius 2 is 1.92 bits per heavy atom. The fourth-order valence-electron chi connectivity index (χ4n) is 3.97. The Kier molecular flexibility index (Phi) is 4.02. The molecule has 124 valence electrons. The topological polar surface area (TPSA) is 58.1 Å². The first-order valence-electron chi connectivity index (χ1n) is 8.57. The van der Waals surface area contributed by atoms with Gasteiger partial charge in [-0.25, -0.2) is 0 Å². The maximum absolute atomic E-state index is 12.5. The SMILES string of the molecule is O=C1NC2(CCN(Cc3cccnc3)CC2)C[C@@H]1c1ccncc1. The molecule has 2 aliphatic rings. The fraction of sp³-hybridized carbons (Fsp3) is 0.421. The van der Waals surface area contributed by atoms with Crippen LogP contribution in [0.3, 0.4) is 0 Å². The number of carbonyl (C=O) groups excluding carboxylic acids is 1. The fourth-order valence-corrected chi connectivity index (χ4v) is 3.97. The maximum atomic E-state index is 12.5. The molecule has 0 aliphatic carbocycles. The van der Waals surface area contributed by atoms with Gasteiger partial charge in [0.2, 0.25) is 5.91 Å². The first-order valence-corrected chi connectivity index (χ1v) is 8.57. The summed E-state index contributed by atoms with van der Waals surface area (Å²) in [5.41, 5.74) is 2.30. The zero-order valence-electron chi connectivity index (χ0n) is 13.7. The highest BCUT2D eigenvalue weighted by Crippen LogP contribution is 2.39. The van der Waals surface area contributed by atoms with Crippen molar-refractivity contribution in [1.29, 1.82) is 0 Å². The van der Waals surface area contributed by atoms with Crippen molar-refractivity contribution >= 4 is 5.91 Å². The molecular weight excluding hydrogens is 300 g/mol. The van der Waals surface area contributed by atoms with E-state index in [1.54, 1.807) is 12.4 Å². The lowest BCUT2D eigenvalue weighted by molar-refractivity contribution is -0.121. The first kappa shape index (κ1) is 15.3. The number of piperidine rings is 1. The average Bonchev–Trinajstić information content (AvgIpc) is 2.95. The second-order valence-corrected chi connectivity index (χ2v) is 6.94. The van der Waals surface area contributed by atoms with Crippen molar-refractivity contribution in [1.82, 2.24) is 20.2 Å². The molecule has 4 heterocycles. The third-order valence-corrected chi connectivity index (χ3v) is 5.35. The Labute approximate surface area is 142 Å². The van der Waals surface area contributed by atoms with Crippen LogP contribution in [0, 0.1) is 0 Å². The number of nitrogens with one attached hydrogen (secondary N) is 1. The van der Waals surface area contributed by atoms with Gasteiger partial charge in [-0.05, 0) is 48.6 Å². The van der Waals surface area contributed by atoms with Crippen molar-refractivity contribution in [2.24, 2.45) is 0 Å². The molecule has 2 aromatic rings. The van der Waals surface area contributed by atoms with Crippen molar-refractivity contribution in [3.05, 3.63) is 60.2 Å². The molecule has 2 aromatic heterocycles. The second kappa shape index (κ2) is 6.32. The summed E-state index contributed by atoms with van der Waals surface area (Å²) in [6, 6.07) is 8.02. The van der Waals surface area contributed by atoms with Gasteiger partial charge in [0.25, 0.3) is 0 Å². The normalized spacial score (nSPS) is 23.3. The lowest BCUT2D eigenvalue weighted by atomic mass is 9.82. The number of hydrogen-bond acceptors (Lipinski definition) is 4. The highest BCUT2D eigenvalue weighted by molar-refractivity contribution is 5.87. The van der Waals surface area contributed by atoms with Gasteiger partial charge >= 0.3 is 0 Å². The largest absolute Gasteiger partial charge is 0.350 e. The molecule has 1 spiro atoms. The molecule has 0 bridgehead atoms. The summed E-state index contributed by atoms with van der Waals surface area (Å²) in [5.74, 6) is 0.139. The number of hydrogen-bond donors (Lipinski definition) is 1. The van der Waals surface area contributed by atoms with Gasteiger partial charge in [-0.2, -0.15) is 0 Å². The molecule has 1 N–H and O–H groups in total. The Balaban J connectivity index is 1.39.